The molecule has 1 N–H and O–H groups in total. The lowest BCUT2D eigenvalue weighted by Crippen LogP contribution is -2.08. The summed E-state index contributed by atoms with van der Waals surface area (Å²) < 4.78 is 6.80. The molecule has 0 saturated carbocycles. The minimum atomic E-state index is -0.332. The van der Waals surface area contributed by atoms with Gasteiger partial charge in [-0.1, -0.05) is 0 Å². The zero-order valence-electron chi connectivity index (χ0n) is 7.02. The first-order valence-corrected chi connectivity index (χ1v) is 4.90. The summed E-state index contributed by atoms with van der Waals surface area (Å²) in [5.41, 5.74) is 0. The topological polar surface area (TPSA) is 51.5 Å². The van der Waals surface area contributed by atoms with Crippen molar-refractivity contribution in [3.63, 3.8) is 0 Å². The van der Waals surface area contributed by atoms with Crippen LogP contribution in [0.5, 0.6) is 5.88 Å². The molecule has 1 aromatic rings. The summed E-state index contributed by atoms with van der Waals surface area (Å²) in [4.78, 5) is 10.4. The molecule has 0 spiro atoms. The van der Waals surface area contributed by atoms with Crippen LogP contribution in [0.15, 0.2) is 5.38 Å². The zero-order valence-corrected chi connectivity index (χ0v) is 8.65. The third-order valence-electron chi connectivity index (χ3n) is 1.38. The smallest absolute Gasteiger partial charge is 0.302 e. The van der Waals surface area contributed by atoms with E-state index in [4.69, 9.17) is 17.0 Å². The number of nitrogens with zero attached hydrogens (tertiary/aromatic N) is 1. The lowest BCUT2D eigenvalue weighted by molar-refractivity contribution is -0.141. The molecule has 1 rings (SSSR count). The minimum Gasteiger partial charge on any atom is -0.494 e. The molecule has 0 aliphatic rings. The Labute approximate surface area is 84.4 Å². The van der Waals surface area contributed by atoms with Crippen LogP contribution in [0.3, 0.4) is 0 Å². The first-order valence-electron chi connectivity index (χ1n) is 3.62. The third-order valence-corrected chi connectivity index (χ3v) is 2.64. The summed E-state index contributed by atoms with van der Waals surface area (Å²) in [7, 11) is 0. The Morgan fingerprint density at radius 2 is 2.54 bits per heavy atom. The first kappa shape index (κ1) is 10.2. The van der Waals surface area contributed by atoms with Gasteiger partial charge >= 0.3 is 5.97 Å². The minimum absolute atomic E-state index is 0.113. The molecule has 0 atom stereocenters. The number of hydrogen-bond acceptors (Lipinski definition) is 5. The van der Waals surface area contributed by atoms with Gasteiger partial charge in [-0.05, 0) is 12.2 Å². The van der Waals surface area contributed by atoms with Crippen LogP contribution in [0, 0.1) is 3.95 Å². The number of carbonyl (C=O) groups is 1. The van der Waals surface area contributed by atoms with E-state index >= 15 is 0 Å². The Bertz CT molecular complexity index is 355. The molecule has 13 heavy (non-hydrogen) atoms. The molecule has 4 nitrogen and oxygen atoms in total. The Balaban J connectivity index is 2.54. The summed E-state index contributed by atoms with van der Waals surface area (Å²) in [6.45, 7) is 1.97. The van der Waals surface area contributed by atoms with Crippen LogP contribution in [0.25, 0.3) is 0 Å². The standard InChI is InChI=1S/C7H9NO3S2/c1-5(9)11-3-2-8-6(10)4-13-7(8)12/h4,10H,2-3H2,1H3. The largest absolute Gasteiger partial charge is 0.494 e. The molecule has 6 heteroatoms. The lowest BCUT2D eigenvalue weighted by Gasteiger charge is -2.03. The van der Waals surface area contributed by atoms with E-state index in [0.717, 1.165) is 0 Å². The number of rotatable bonds is 3. The second-order valence-electron chi connectivity index (χ2n) is 2.35. The Morgan fingerprint density at radius 3 is 3.00 bits per heavy atom. The van der Waals surface area contributed by atoms with Crippen molar-refractivity contribution in [3.8, 4) is 5.88 Å². The van der Waals surface area contributed by atoms with E-state index in [2.05, 4.69) is 0 Å². The maximum absolute atomic E-state index is 10.4. The number of carbonyl (C=O) groups excluding carboxylic acids is 1. The van der Waals surface area contributed by atoms with Crippen molar-refractivity contribution < 1.29 is 14.6 Å². The maximum Gasteiger partial charge on any atom is 0.302 e. The number of aromatic nitrogens is 1. The fourth-order valence-electron chi connectivity index (χ4n) is 0.810. The average molecular weight is 219 g/mol. The van der Waals surface area contributed by atoms with Gasteiger partial charge in [-0.2, -0.15) is 0 Å². The number of ether oxygens (including phenoxy) is 1. The first-order chi connectivity index (χ1) is 6.11. The summed E-state index contributed by atoms with van der Waals surface area (Å²) in [6, 6.07) is 0. The molecular formula is C7H9NO3S2. The van der Waals surface area contributed by atoms with E-state index in [1.165, 1.54) is 22.8 Å². The van der Waals surface area contributed by atoms with Gasteiger partial charge in [0, 0.05) is 6.92 Å². The van der Waals surface area contributed by atoms with Gasteiger partial charge < -0.3 is 9.84 Å². The zero-order chi connectivity index (χ0) is 9.84. The Kier molecular flexibility index (Phi) is 3.44. The van der Waals surface area contributed by atoms with E-state index in [-0.39, 0.29) is 18.5 Å². The van der Waals surface area contributed by atoms with Gasteiger partial charge in [0.15, 0.2) is 3.95 Å². The monoisotopic (exact) mass is 219 g/mol. The van der Waals surface area contributed by atoms with Crippen molar-refractivity contribution in [3.05, 3.63) is 9.33 Å². The number of thiazole rings is 1. The van der Waals surface area contributed by atoms with Gasteiger partial charge in [0.25, 0.3) is 0 Å². The van der Waals surface area contributed by atoms with Crippen molar-refractivity contribution in [2.45, 2.75) is 13.5 Å². The van der Waals surface area contributed by atoms with Gasteiger partial charge in [0.1, 0.15) is 6.61 Å². The summed E-state index contributed by atoms with van der Waals surface area (Å²) in [6.07, 6.45) is 0. The molecule has 0 aliphatic carbocycles. The number of aromatic hydroxyl groups is 1. The van der Waals surface area contributed by atoms with Crippen molar-refractivity contribution in [1.82, 2.24) is 4.57 Å². The van der Waals surface area contributed by atoms with Gasteiger partial charge in [-0.3, -0.25) is 9.36 Å². The summed E-state index contributed by atoms with van der Waals surface area (Å²) >= 11 is 6.21. The van der Waals surface area contributed by atoms with Gasteiger partial charge in [-0.15, -0.1) is 11.3 Å². The summed E-state index contributed by atoms with van der Waals surface area (Å²) in [5, 5.41) is 10.8. The van der Waals surface area contributed by atoms with E-state index in [1.807, 2.05) is 0 Å². The van der Waals surface area contributed by atoms with E-state index in [9.17, 15) is 9.90 Å². The van der Waals surface area contributed by atoms with Crippen LogP contribution in [-0.4, -0.2) is 22.2 Å². The fourth-order valence-corrected chi connectivity index (χ4v) is 1.79. The molecule has 1 heterocycles. The molecule has 0 unspecified atom stereocenters. The van der Waals surface area contributed by atoms with Crippen LogP contribution in [-0.2, 0) is 16.1 Å². The molecule has 0 fully saturated rings. The summed E-state index contributed by atoms with van der Waals surface area (Å²) in [5.74, 6) is -0.219. The van der Waals surface area contributed by atoms with Gasteiger partial charge in [0.2, 0.25) is 5.88 Å². The third kappa shape index (κ3) is 2.82. The maximum atomic E-state index is 10.4. The molecule has 0 bridgehead atoms. The van der Waals surface area contributed by atoms with Crippen LogP contribution in [0.2, 0.25) is 0 Å². The normalized spacial score (nSPS) is 9.92. The second-order valence-corrected chi connectivity index (χ2v) is 3.85. The lowest BCUT2D eigenvalue weighted by atomic mass is 10.6. The number of hydrogen-bond donors (Lipinski definition) is 1. The molecular weight excluding hydrogens is 210 g/mol. The highest BCUT2D eigenvalue weighted by Crippen LogP contribution is 2.16. The van der Waals surface area contributed by atoms with Crippen LogP contribution >= 0.6 is 23.6 Å². The van der Waals surface area contributed by atoms with Crippen molar-refractivity contribution in [2.75, 3.05) is 6.61 Å². The van der Waals surface area contributed by atoms with Gasteiger partial charge in [-0.25, -0.2) is 0 Å². The quantitative estimate of drug-likeness (QED) is 0.619. The molecule has 0 aliphatic heterocycles. The van der Waals surface area contributed by atoms with E-state index < -0.39 is 0 Å². The van der Waals surface area contributed by atoms with Crippen LogP contribution < -0.4 is 0 Å². The molecule has 0 saturated heterocycles. The number of esters is 1. The highest BCUT2D eigenvalue weighted by Gasteiger charge is 2.02. The van der Waals surface area contributed by atoms with Crippen molar-refractivity contribution in [2.24, 2.45) is 0 Å². The Hall–Kier alpha value is -0.880. The van der Waals surface area contributed by atoms with Crippen molar-refractivity contribution in [1.29, 1.82) is 0 Å². The average Bonchev–Trinajstić information content (AvgIpc) is 2.34. The van der Waals surface area contributed by atoms with E-state index in [1.54, 1.807) is 5.38 Å². The van der Waals surface area contributed by atoms with E-state index in [0.29, 0.717) is 10.5 Å². The molecule has 1 aromatic heterocycles. The van der Waals surface area contributed by atoms with Gasteiger partial charge in [0.05, 0.1) is 11.9 Å². The predicted octanol–water partition coefficient (Wildman–Crippen LogP) is 1.55. The van der Waals surface area contributed by atoms with Crippen LogP contribution in [0.1, 0.15) is 6.92 Å². The molecule has 0 amide bonds. The van der Waals surface area contributed by atoms with Crippen molar-refractivity contribution >= 4 is 29.5 Å². The molecule has 72 valence electrons. The van der Waals surface area contributed by atoms with Crippen LogP contribution in [0.4, 0.5) is 0 Å². The highest BCUT2D eigenvalue weighted by atomic mass is 32.1. The second kappa shape index (κ2) is 4.38. The predicted molar refractivity (Wildman–Crippen MR) is 51.4 cm³/mol. The Morgan fingerprint density at radius 1 is 1.85 bits per heavy atom. The molecule has 0 aromatic carbocycles. The fraction of sp³-hybridized carbons (Fsp3) is 0.429. The highest BCUT2D eigenvalue weighted by molar-refractivity contribution is 7.73. The molecule has 0 radical (unpaired) electrons. The SMILES string of the molecule is CC(=O)OCCn1c(O)csc1=S.